The van der Waals surface area contributed by atoms with Crippen LogP contribution in [0.25, 0.3) is 0 Å². The van der Waals surface area contributed by atoms with Crippen molar-refractivity contribution >= 4 is 5.96 Å². The van der Waals surface area contributed by atoms with Crippen molar-refractivity contribution in [3.05, 3.63) is 42.1 Å². The van der Waals surface area contributed by atoms with Gasteiger partial charge in [-0.3, -0.25) is 14.6 Å². The summed E-state index contributed by atoms with van der Waals surface area (Å²) >= 11 is 0. The summed E-state index contributed by atoms with van der Waals surface area (Å²) in [6.45, 7) is 3.92. The highest BCUT2D eigenvalue weighted by Gasteiger charge is 2.24. The molecule has 0 spiro atoms. The predicted molar refractivity (Wildman–Crippen MR) is 108 cm³/mol. The maximum Gasteiger partial charge on any atom is 0.191 e. The van der Waals surface area contributed by atoms with Crippen LogP contribution in [0.4, 0.5) is 0 Å². The molecule has 7 heteroatoms. The van der Waals surface area contributed by atoms with Crippen molar-refractivity contribution in [3.8, 4) is 0 Å². The third-order valence-corrected chi connectivity index (χ3v) is 5.08. The molecule has 0 saturated carbocycles. The second-order valence-electron chi connectivity index (χ2n) is 7.13. The summed E-state index contributed by atoms with van der Waals surface area (Å²) in [5, 5.41) is 11.1. The molecule has 0 aliphatic carbocycles. The van der Waals surface area contributed by atoms with Crippen molar-refractivity contribution in [2.24, 2.45) is 12.0 Å². The average molecular weight is 373 g/mol. The minimum Gasteiger partial charge on any atom is -0.468 e. The number of guanidine groups is 1. The fourth-order valence-electron chi connectivity index (χ4n) is 3.63. The quantitative estimate of drug-likeness (QED) is 0.423. The van der Waals surface area contributed by atoms with Gasteiger partial charge >= 0.3 is 0 Å². The van der Waals surface area contributed by atoms with Crippen LogP contribution in [0.15, 0.2) is 40.2 Å². The van der Waals surface area contributed by atoms with E-state index in [1.165, 1.54) is 24.8 Å². The highest BCUT2D eigenvalue weighted by Crippen LogP contribution is 2.24. The molecule has 2 aromatic heterocycles. The van der Waals surface area contributed by atoms with Crippen molar-refractivity contribution in [3.63, 3.8) is 0 Å². The van der Waals surface area contributed by atoms with Gasteiger partial charge < -0.3 is 15.1 Å². The van der Waals surface area contributed by atoms with Gasteiger partial charge in [0.15, 0.2) is 5.96 Å². The zero-order valence-corrected chi connectivity index (χ0v) is 16.5. The molecular formula is C20H32N6O. The molecule has 0 aromatic carbocycles. The van der Waals surface area contributed by atoms with Gasteiger partial charge in [-0.15, -0.1) is 0 Å². The Balaban J connectivity index is 1.46. The van der Waals surface area contributed by atoms with Gasteiger partial charge in [0.2, 0.25) is 0 Å². The molecular weight excluding hydrogens is 340 g/mol. The smallest absolute Gasteiger partial charge is 0.191 e. The van der Waals surface area contributed by atoms with E-state index in [0.717, 1.165) is 50.7 Å². The maximum atomic E-state index is 5.71. The van der Waals surface area contributed by atoms with Gasteiger partial charge in [-0.1, -0.05) is 6.42 Å². The van der Waals surface area contributed by atoms with Crippen LogP contribution in [0.2, 0.25) is 0 Å². The Morgan fingerprint density at radius 3 is 2.81 bits per heavy atom. The van der Waals surface area contributed by atoms with Crippen LogP contribution < -0.4 is 10.6 Å². The number of piperidine rings is 1. The van der Waals surface area contributed by atoms with Crippen LogP contribution >= 0.6 is 0 Å². The lowest BCUT2D eigenvalue weighted by molar-refractivity contribution is 0.146. The van der Waals surface area contributed by atoms with Gasteiger partial charge in [-0.2, -0.15) is 5.10 Å². The molecule has 1 unspecified atom stereocenters. The Morgan fingerprint density at radius 1 is 1.30 bits per heavy atom. The summed E-state index contributed by atoms with van der Waals surface area (Å²) in [6, 6.07) is 4.29. The summed E-state index contributed by atoms with van der Waals surface area (Å²) in [7, 11) is 3.77. The van der Waals surface area contributed by atoms with Gasteiger partial charge in [0.05, 0.1) is 18.5 Å². The van der Waals surface area contributed by atoms with Crippen LogP contribution in [0, 0.1) is 0 Å². The van der Waals surface area contributed by atoms with Gasteiger partial charge in [-0.05, 0) is 56.5 Å². The first-order valence-corrected chi connectivity index (χ1v) is 9.96. The first-order chi connectivity index (χ1) is 13.3. The molecule has 0 bridgehead atoms. The minimum absolute atomic E-state index is 0.245. The molecule has 0 radical (unpaired) electrons. The van der Waals surface area contributed by atoms with Crippen LogP contribution in [0.1, 0.15) is 43.0 Å². The standard InChI is InChI=1S/C20H32N6O/c1-21-20(22-10-6-8-17-14-24-25(2)16-17)23-15-18(19-9-7-13-27-19)26-11-4-3-5-12-26/h7,9,13-14,16,18H,3-6,8,10-12,15H2,1-2H3,(H2,21,22,23). The third-order valence-electron chi connectivity index (χ3n) is 5.08. The highest BCUT2D eigenvalue weighted by atomic mass is 16.3. The van der Waals surface area contributed by atoms with Gasteiger partial charge in [-0.25, -0.2) is 0 Å². The summed E-state index contributed by atoms with van der Waals surface area (Å²) in [5.74, 6) is 1.87. The van der Waals surface area contributed by atoms with Crippen molar-refractivity contribution in [2.75, 3.05) is 33.2 Å². The van der Waals surface area contributed by atoms with E-state index in [1.54, 1.807) is 6.26 Å². The Kier molecular flexibility index (Phi) is 7.33. The largest absolute Gasteiger partial charge is 0.468 e. The molecule has 3 rings (SSSR count). The molecule has 0 amide bonds. The molecule has 1 atom stereocenters. The molecule has 27 heavy (non-hydrogen) atoms. The molecule has 1 fully saturated rings. The molecule has 7 nitrogen and oxygen atoms in total. The van der Waals surface area contributed by atoms with Crippen molar-refractivity contribution < 1.29 is 4.42 Å². The first kappa shape index (κ1) is 19.5. The van der Waals surface area contributed by atoms with E-state index in [1.807, 2.05) is 31.0 Å². The monoisotopic (exact) mass is 372 g/mol. The lowest BCUT2D eigenvalue weighted by atomic mass is 10.1. The molecule has 3 heterocycles. The fourth-order valence-corrected chi connectivity index (χ4v) is 3.63. The van der Waals surface area contributed by atoms with Gasteiger partial charge in [0, 0.05) is 33.4 Å². The van der Waals surface area contributed by atoms with E-state index in [-0.39, 0.29) is 6.04 Å². The first-order valence-electron chi connectivity index (χ1n) is 9.96. The van der Waals surface area contributed by atoms with E-state index in [2.05, 4.69) is 37.9 Å². The zero-order valence-electron chi connectivity index (χ0n) is 16.5. The van der Waals surface area contributed by atoms with Crippen LogP contribution in [0.3, 0.4) is 0 Å². The van der Waals surface area contributed by atoms with Crippen molar-refractivity contribution in [1.29, 1.82) is 0 Å². The molecule has 148 valence electrons. The number of likely N-dealkylation sites (tertiary alicyclic amines) is 1. The molecule has 1 saturated heterocycles. The van der Waals surface area contributed by atoms with Crippen molar-refractivity contribution in [1.82, 2.24) is 25.3 Å². The van der Waals surface area contributed by atoms with Gasteiger partial charge in [0.1, 0.15) is 5.76 Å². The fraction of sp³-hybridized carbons (Fsp3) is 0.600. The highest BCUT2D eigenvalue weighted by molar-refractivity contribution is 5.79. The predicted octanol–water partition coefficient (Wildman–Crippen LogP) is 2.34. The topological polar surface area (TPSA) is 70.6 Å². The number of hydrogen-bond donors (Lipinski definition) is 2. The zero-order chi connectivity index (χ0) is 18.9. The SMILES string of the molecule is CN=C(NCCCc1cnn(C)c1)NCC(c1ccco1)N1CCCCC1. The third kappa shape index (κ3) is 5.85. The Hall–Kier alpha value is -2.28. The molecule has 2 N–H and O–H groups in total. The number of furan rings is 1. The summed E-state index contributed by atoms with van der Waals surface area (Å²) in [4.78, 5) is 6.88. The van der Waals surface area contributed by atoms with E-state index in [9.17, 15) is 0 Å². The lowest BCUT2D eigenvalue weighted by Gasteiger charge is -2.33. The summed E-state index contributed by atoms with van der Waals surface area (Å²) in [5.41, 5.74) is 1.27. The maximum absolute atomic E-state index is 5.71. The second kappa shape index (κ2) is 10.2. The molecule has 1 aliphatic heterocycles. The number of aromatic nitrogens is 2. The molecule has 1 aliphatic rings. The minimum atomic E-state index is 0.245. The number of aliphatic imine (C=N–C) groups is 1. The van der Waals surface area contributed by atoms with Crippen LogP contribution in [-0.2, 0) is 13.5 Å². The molecule has 2 aromatic rings. The lowest BCUT2D eigenvalue weighted by Crippen LogP contribution is -2.44. The number of rotatable bonds is 8. The van der Waals surface area contributed by atoms with E-state index in [0.29, 0.717) is 0 Å². The van der Waals surface area contributed by atoms with Crippen LogP contribution in [0.5, 0.6) is 0 Å². The Labute approximate surface area is 161 Å². The Bertz CT molecular complexity index is 687. The van der Waals surface area contributed by atoms with Crippen molar-refractivity contribution in [2.45, 2.75) is 38.1 Å². The number of aryl methyl sites for hydroxylation is 2. The Morgan fingerprint density at radius 2 is 2.15 bits per heavy atom. The normalized spacial score (nSPS) is 17.0. The summed E-state index contributed by atoms with van der Waals surface area (Å²) in [6.07, 6.45) is 11.7. The van der Waals surface area contributed by atoms with E-state index >= 15 is 0 Å². The van der Waals surface area contributed by atoms with E-state index in [4.69, 9.17) is 4.42 Å². The van der Waals surface area contributed by atoms with Crippen LogP contribution in [-0.4, -0.2) is 53.9 Å². The summed E-state index contributed by atoms with van der Waals surface area (Å²) < 4.78 is 7.56. The second-order valence-corrected chi connectivity index (χ2v) is 7.13. The van der Waals surface area contributed by atoms with E-state index < -0.39 is 0 Å². The number of nitrogens with one attached hydrogen (secondary N) is 2. The number of hydrogen-bond acceptors (Lipinski definition) is 4. The number of nitrogens with zero attached hydrogens (tertiary/aromatic N) is 4. The van der Waals surface area contributed by atoms with Gasteiger partial charge in [0.25, 0.3) is 0 Å². The average Bonchev–Trinajstić information content (AvgIpc) is 3.36.